The van der Waals surface area contributed by atoms with E-state index in [9.17, 15) is 14.4 Å². The number of carbonyl (C=O) groups excluding carboxylic acids is 3. The summed E-state index contributed by atoms with van der Waals surface area (Å²) in [5.74, 6) is 0.113. The van der Waals surface area contributed by atoms with Crippen LogP contribution in [0.4, 0.5) is 10.8 Å². The summed E-state index contributed by atoms with van der Waals surface area (Å²) in [4.78, 5) is 45.2. The van der Waals surface area contributed by atoms with Crippen LogP contribution in [0.5, 0.6) is 11.5 Å². The Morgan fingerprint density at radius 2 is 1.64 bits per heavy atom. The number of anilines is 2. The smallest absolute Gasteiger partial charge is 0.272 e. The second-order valence-electron chi connectivity index (χ2n) is 9.32. The average molecular weight is 657 g/mol. The maximum atomic E-state index is 13.4. The molecule has 3 N–H and O–H groups in total. The molecule has 0 unspecified atom stereocenters. The van der Waals surface area contributed by atoms with E-state index in [1.165, 1.54) is 37.3 Å². The van der Waals surface area contributed by atoms with Gasteiger partial charge in [0.05, 0.1) is 30.5 Å². The van der Waals surface area contributed by atoms with Gasteiger partial charge in [0, 0.05) is 21.5 Å². The number of thiazole rings is 1. The van der Waals surface area contributed by atoms with E-state index in [2.05, 4.69) is 20.9 Å². The first kappa shape index (κ1) is 31.5. The van der Waals surface area contributed by atoms with Crippen LogP contribution in [0.1, 0.15) is 15.9 Å². The van der Waals surface area contributed by atoms with Gasteiger partial charge in [-0.3, -0.25) is 14.4 Å². The highest BCUT2D eigenvalue weighted by atomic mass is 32.2. The Bertz CT molecular complexity index is 1800. The highest BCUT2D eigenvalue weighted by molar-refractivity contribution is 8.00. The zero-order valence-electron chi connectivity index (χ0n) is 24.2. The molecule has 3 aromatic carbocycles. The fourth-order valence-electron chi connectivity index (χ4n) is 4.06. The SMILES string of the molecule is COc1ccc(/C=C(\NC(=O)c2ccccc2)C(=O)Nc2ccc(SCC(=O)Nc3nc(-c4cccs4)cs3)cc2)cc1OC. The molecule has 0 saturated carbocycles. The van der Waals surface area contributed by atoms with E-state index in [1.54, 1.807) is 78.1 Å². The van der Waals surface area contributed by atoms with Gasteiger partial charge in [-0.1, -0.05) is 30.3 Å². The minimum Gasteiger partial charge on any atom is -0.493 e. The molecule has 0 aliphatic carbocycles. The first-order valence-corrected chi connectivity index (χ1v) is 16.3. The van der Waals surface area contributed by atoms with Gasteiger partial charge in [0.1, 0.15) is 5.70 Å². The van der Waals surface area contributed by atoms with E-state index in [1.807, 2.05) is 35.0 Å². The lowest BCUT2D eigenvalue weighted by Gasteiger charge is -2.13. The Balaban J connectivity index is 1.23. The molecule has 0 aliphatic heterocycles. The number of carbonyl (C=O) groups is 3. The van der Waals surface area contributed by atoms with Crippen molar-refractivity contribution >= 4 is 69.1 Å². The maximum absolute atomic E-state index is 13.4. The quantitative estimate of drug-likeness (QED) is 0.0975. The van der Waals surface area contributed by atoms with Crippen molar-refractivity contribution < 1.29 is 23.9 Å². The third-order valence-electron chi connectivity index (χ3n) is 6.25. The number of amides is 3. The van der Waals surface area contributed by atoms with Gasteiger partial charge >= 0.3 is 0 Å². The van der Waals surface area contributed by atoms with Crippen LogP contribution in [-0.4, -0.2) is 42.7 Å². The van der Waals surface area contributed by atoms with E-state index in [0.29, 0.717) is 33.4 Å². The van der Waals surface area contributed by atoms with Gasteiger partial charge in [0.25, 0.3) is 11.8 Å². The number of hydrogen-bond acceptors (Lipinski definition) is 9. The summed E-state index contributed by atoms with van der Waals surface area (Å²) < 4.78 is 10.7. The standard InChI is InChI=1S/C33H28N4O5S3/c1-41-27-15-10-21(18-28(27)42-2)17-25(35-31(39)22-7-4-3-5-8-22)32(40)34-23-11-13-24(14-12-23)44-20-30(38)37-33-36-26(19-45-33)29-9-6-16-43-29/h3-19H,20H2,1-2H3,(H,34,40)(H,35,39)(H,36,37,38)/b25-17-. The van der Waals surface area contributed by atoms with Crippen LogP contribution in [-0.2, 0) is 9.59 Å². The number of aromatic nitrogens is 1. The van der Waals surface area contributed by atoms with Crippen molar-refractivity contribution in [3.63, 3.8) is 0 Å². The molecule has 3 amide bonds. The van der Waals surface area contributed by atoms with Crippen LogP contribution in [0.3, 0.4) is 0 Å². The van der Waals surface area contributed by atoms with Crippen LogP contribution in [0, 0.1) is 0 Å². The topological polar surface area (TPSA) is 119 Å². The van der Waals surface area contributed by atoms with Crippen molar-refractivity contribution in [2.75, 3.05) is 30.6 Å². The van der Waals surface area contributed by atoms with E-state index in [4.69, 9.17) is 9.47 Å². The molecule has 45 heavy (non-hydrogen) atoms. The van der Waals surface area contributed by atoms with Gasteiger partial charge in [-0.05, 0) is 71.6 Å². The van der Waals surface area contributed by atoms with E-state index >= 15 is 0 Å². The fourth-order valence-corrected chi connectivity index (χ4v) is 6.24. The van der Waals surface area contributed by atoms with Crippen molar-refractivity contribution in [2.24, 2.45) is 0 Å². The largest absolute Gasteiger partial charge is 0.493 e. The summed E-state index contributed by atoms with van der Waals surface area (Å²) in [5.41, 5.74) is 2.43. The van der Waals surface area contributed by atoms with Crippen LogP contribution in [0.2, 0.25) is 0 Å². The summed E-state index contributed by atoms with van der Waals surface area (Å²) in [6, 6.07) is 24.9. The Morgan fingerprint density at radius 1 is 0.867 bits per heavy atom. The van der Waals surface area contributed by atoms with Crippen molar-refractivity contribution in [2.45, 2.75) is 4.90 Å². The zero-order valence-corrected chi connectivity index (χ0v) is 26.7. The van der Waals surface area contributed by atoms with Gasteiger partial charge in [0.2, 0.25) is 5.91 Å². The molecule has 9 nitrogen and oxygen atoms in total. The molecule has 0 saturated heterocycles. The molecule has 5 aromatic rings. The minimum absolute atomic E-state index is 0.0376. The first-order chi connectivity index (χ1) is 21.9. The van der Waals surface area contributed by atoms with Crippen LogP contribution in [0.15, 0.2) is 106 Å². The molecule has 5 rings (SSSR count). The molecule has 228 valence electrons. The third kappa shape index (κ3) is 8.60. The second-order valence-corrected chi connectivity index (χ2v) is 12.2. The number of rotatable bonds is 12. The van der Waals surface area contributed by atoms with Crippen molar-refractivity contribution in [1.82, 2.24) is 10.3 Å². The molecule has 0 fully saturated rings. The molecule has 2 aromatic heterocycles. The number of ether oxygens (including phenoxy) is 2. The lowest BCUT2D eigenvalue weighted by Crippen LogP contribution is -2.30. The highest BCUT2D eigenvalue weighted by Crippen LogP contribution is 2.30. The number of methoxy groups -OCH3 is 2. The van der Waals surface area contributed by atoms with Gasteiger partial charge in [0.15, 0.2) is 16.6 Å². The molecular formula is C33H28N4O5S3. The van der Waals surface area contributed by atoms with Gasteiger partial charge in [-0.25, -0.2) is 4.98 Å². The van der Waals surface area contributed by atoms with Gasteiger partial charge in [-0.2, -0.15) is 0 Å². The predicted octanol–water partition coefficient (Wildman–Crippen LogP) is 7.03. The molecule has 0 aliphatic rings. The number of thioether (sulfide) groups is 1. The monoisotopic (exact) mass is 656 g/mol. The first-order valence-electron chi connectivity index (χ1n) is 13.6. The number of hydrogen-bond donors (Lipinski definition) is 3. The van der Waals surface area contributed by atoms with Crippen LogP contribution in [0.25, 0.3) is 16.6 Å². The van der Waals surface area contributed by atoms with Gasteiger partial charge < -0.3 is 25.4 Å². The molecular weight excluding hydrogens is 629 g/mol. The lowest BCUT2D eigenvalue weighted by atomic mass is 10.1. The molecule has 0 atom stereocenters. The number of nitrogens with zero attached hydrogens (tertiary/aromatic N) is 1. The minimum atomic E-state index is -0.515. The number of thiophene rings is 1. The summed E-state index contributed by atoms with van der Waals surface area (Å²) >= 11 is 4.35. The summed E-state index contributed by atoms with van der Waals surface area (Å²) in [7, 11) is 3.06. The van der Waals surface area contributed by atoms with Crippen molar-refractivity contribution in [1.29, 1.82) is 0 Å². The Labute approximate surface area is 272 Å². The van der Waals surface area contributed by atoms with Gasteiger partial charge in [-0.15, -0.1) is 34.4 Å². The van der Waals surface area contributed by atoms with Crippen LogP contribution >= 0.6 is 34.4 Å². The maximum Gasteiger partial charge on any atom is 0.272 e. The molecule has 0 spiro atoms. The lowest BCUT2D eigenvalue weighted by molar-refractivity contribution is -0.114. The molecule has 0 radical (unpaired) electrons. The molecule has 2 heterocycles. The van der Waals surface area contributed by atoms with E-state index in [-0.39, 0.29) is 17.4 Å². The Kier molecular flexibility index (Phi) is 10.6. The summed E-state index contributed by atoms with van der Waals surface area (Å²) in [6.07, 6.45) is 1.56. The van der Waals surface area contributed by atoms with E-state index < -0.39 is 11.8 Å². The zero-order chi connectivity index (χ0) is 31.6. The van der Waals surface area contributed by atoms with Crippen molar-refractivity contribution in [3.8, 4) is 22.1 Å². The third-order valence-corrected chi connectivity index (χ3v) is 8.92. The normalized spacial score (nSPS) is 11.0. The summed E-state index contributed by atoms with van der Waals surface area (Å²) in [5, 5.41) is 12.9. The van der Waals surface area contributed by atoms with Crippen LogP contribution < -0.4 is 25.4 Å². The Hall–Kier alpha value is -4.91. The molecule has 0 bridgehead atoms. The average Bonchev–Trinajstić information content (AvgIpc) is 3.77. The highest BCUT2D eigenvalue weighted by Gasteiger charge is 2.16. The fraction of sp³-hybridized carbons (Fsp3) is 0.0909. The number of benzene rings is 3. The predicted molar refractivity (Wildman–Crippen MR) is 181 cm³/mol. The number of nitrogens with one attached hydrogen (secondary N) is 3. The van der Waals surface area contributed by atoms with E-state index in [0.717, 1.165) is 15.5 Å². The Morgan fingerprint density at radius 3 is 2.36 bits per heavy atom. The van der Waals surface area contributed by atoms with Crippen molar-refractivity contribution in [3.05, 3.63) is 113 Å². The summed E-state index contributed by atoms with van der Waals surface area (Å²) in [6.45, 7) is 0. The molecule has 12 heteroatoms. The second kappa shape index (κ2) is 15.2.